The van der Waals surface area contributed by atoms with Gasteiger partial charge in [-0.2, -0.15) is 0 Å². The number of nitrogens with zero attached hydrogens (tertiary/aromatic N) is 3. The molecule has 0 radical (unpaired) electrons. The van der Waals surface area contributed by atoms with Gasteiger partial charge in [-0.25, -0.2) is 4.68 Å². The van der Waals surface area contributed by atoms with Crippen molar-refractivity contribution in [2.45, 2.75) is 39.7 Å². The zero-order chi connectivity index (χ0) is 12.8. The molecule has 96 valence electrons. The smallest absolute Gasteiger partial charge is 0.271 e. The molecule has 1 heterocycles. The summed E-state index contributed by atoms with van der Waals surface area (Å²) < 4.78 is 7.00. The van der Waals surface area contributed by atoms with E-state index in [-0.39, 0.29) is 11.6 Å². The van der Waals surface area contributed by atoms with E-state index in [4.69, 9.17) is 10.5 Å². The molecule has 0 aliphatic rings. The fraction of sp³-hybridized carbons (Fsp3) is 0.727. The van der Waals surface area contributed by atoms with Gasteiger partial charge in [-0.1, -0.05) is 19.1 Å². The zero-order valence-corrected chi connectivity index (χ0v) is 10.6. The summed E-state index contributed by atoms with van der Waals surface area (Å²) in [5, 5.41) is 7.80. The van der Waals surface area contributed by atoms with Gasteiger partial charge in [0.15, 0.2) is 5.69 Å². The second-order valence-electron chi connectivity index (χ2n) is 4.12. The molecule has 0 saturated carbocycles. The van der Waals surface area contributed by atoms with Crippen LogP contribution in [-0.4, -0.2) is 34.1 Å². The standard InChI is InChI=1S/C11H20N4O2/c1-4-17-7-5-6-15-10(8(2)3)9(11(12)16)13-14-15/h8H,4-7H2,1-3H3,(H2,12,16). The number of hydrogen-bond acceptors (Lipinski definition) is 4. The van der Waals surface area contributed by atoms with E-state index in [1.54, 1.807) is 4.68 Å². The Hall–Kier alpha value is -1.43. The molecular weight excluding hydrogens is 220 g/mol. The molecule has 0 atom stereocenters. The lowest BCUT2D eigenvalue weighted by Crippen LogP contribution is -2.16. The predicted molar refractivity (Wildman–Crippen MR) is 63.7 cm³/mol. The van der Waals surface area contributed by atoms with Crippen LogP contribution in [0.1, 0.15) is 49.3 Å². The van der Waals surface area contributed by atoms with E-state index in [2.05, 4.69) is 10.3 Å². The Labute approximate surface area is 101 Å². The lowest BCUT2D eigenvalue weighted by atomic mass is 10.1. The number of carbonyl (C=O) groups excluding carboxylic acids is 1. The summed E-state index contributed by atoms with van der Waals surface area (Å²) in [5.41, 5.74) is 6.34. The van der Waals surface area contributed by atoms with Crippen LogP contribution < -0.4 is 5.73 Å². The minimum Gasteiger partial charge on any atom is -0.382 e. The monoisotopic (exact) mass is 240 g/mol. The number of primary amides is 1. The quantitative estimate of drug-likeness (QED) is 0.718. The molecule has 1 aromatic heterocycles. The van der Waals surface area contributed by atoms with Crippen molar-refractivity contribution in [3.05, 3.63) is 11.4 Å². The van der Waals surface area contributed by atoms with Gasteiger partial charge in [-0.3, -0.25) is 4.79 Å². The first-order valence-corrected chi connectivity index (χ1v) is 5.88. The summed E-state index contributed by atoms with van der Waals surface area (Å²) in [6, 6.07) is 0. The molecule has 0 aliphatic carbocycles. The number of amides is 1. The predicted octanol–water partition coefficient (Wildman–Crippen LogP) is 0.927. The number of nitrogens with two attached hydrogens (primary N) is 1. The van der Waals surface area contributed by atoms with E-state index in [0.29, 0.717) is 19.8 Å². The number of carbonyl (C=O) groups is 1. The van der Waals surface area contributed by atoms with Gasteiger partial charge >= 0.3 is 0 Å². The fourth-order valence-corrected chi connectivity index (χ4v) is 1.69. The maximum atomic E-state index is 11.2. The molecule has 6 nitrogen and oxygen atoms in total. The molecule has 1 amide bonds. The normalized spacial score (nSPS) is 11.1. The molecule has 0 spiro atoms. The van der Waals surface area contributed by atoms with Gasteiger partial charge in [0.25, 0.3) is 5.91 Å². The topological polar surface area (TPSA) is 83.0 Å². The number of ether oxygens (including phenoxy) is 1. The van der Waals surface area contributed by atoms with E-state index < -0.39 is 5.91 Å². The number of hydrogen-bond donors (Lipinski definition) is 1. The molecule has 6 heteroatoms. The lowest BCUT2D eigenvalue weighted by molar-refractivity contribution is 0.0994. The molecule has 1 rings (SSSR count). The third-order valence-electron chi connectivity index (χ3n) is 2.42. The molecule has 17 heavy (non-hydrogen) atoms. The van der Waals surface area contributed by atoms with E-state index >= 15 is 0 Å². The Morgan fingerprint density at radius 3 is 2.76 bits per heavy atom. The second kappa shape index (κ2) is 6.34. The molecule has 1 aromatic rings. The van der Waals surface area contributed by atoms with Crippen LogP contribution in [0.3, 0.4) is 0 Å². The van der Waals surface area contributed by atoms with Crippen molar-refractivity contribution < 1.29 is 9.53 Å². The van der Waals surface area contributed by atoms with Crippen LogP contribution in [0.4, 0.5) is 0 Å². The third-order valence-corrected chi connectivity index (χ3v) is 2.42. The third kappa shape index (κ3) is 3.52. The van der Waals surface area contributed by atoms with Gasteiger partial charge in [0.1, 0.15) is 0 Å². The van der Waals surface area contributed by atoms with Crippen molar-refractivity contribution in [1.82, 2.24) is 15.0 Å². The van der Waals surface area contributed by atoms with Gasteiger partial charge in [-0.15, -0.1) is 5.10 Å². The Balaban J connectivity index is 2.74. The Morgan fingerprint density at radius 2 is 2.24 bits per heavy atom. The van der Waals surface area contributed by atoms with E-state index in [9.17, 15) is 4.79 Å². The number of rotatable bonds is 7. The van der Waals surface area contributed by atoms with Crippen LogP contribution in [0, 0.1) is 0 Å². The van der Waals surface area contributed by atoms with Crippen LogP contribution in [0.15, 0.2) is 0 Å². The highest BCUT2D eigenvalue weighted by Crippen LogP contribution is 2.17. The molecule has 0 unspecified atom stereocenters. The summed E-state index contributed by atoms with van der Waals surface area (Å²) in [5.74, 6) is -0.357. The zero-order valence-electron chi connectivity index (χ0n) is 10.6. The van der Waals surface area contributed by atoms with Crippen LogP contribution in [0.25, 0.3) is 0 Å². The minimum atomic E-state index is -0.523. The minimum absolute atomic E-state index is 0.166. The number of aromatic nitrogens is 3. The van der Waals surface area contributed by atoms with Crippen molar-refractivity contribution in [1.29, 1.82) is 0 Å². The first kappa shape index (κ1) is 13.6. The van der Waals surface area contributed by atoms with E-state index in [1.807, 2.05) is 20.8 Å². The Morgan fingerprint density at radius 1 is 1.53 bits per heavy atom. The molecule has 0 aliphatic heterocycles. The SMILES string of the molecule is CCOCCCn1nnc(C(N)=O)c1C(C)C. The molecule has 0 fully saturated rings. The van der Waals surface area contributed by atoms with E-state index in [1.165, 1.54) is 0 Å². The molecule has 0 aromatic carbocycles. The van der Waals surface area contributed by atoms with Gasteiger partial charge in [-0.05, 0) is 19.3 Å². The maximum Gasteiger partial charge on any atom is 0.271 e. The summed E-state index contributed by atoms with van der Waals surface area (Å²) in [7, 11) is 0. The molecule has 0 bridgehead atoms. The molecule has 2 N–H and O–H groups in total. The highest BCUT2D eigenvalue weighted by molar-refractivity contribution is 5.91. The average molecular weight is 240 g/mol. The van der Waals surface area contributed by atoms with Gasteiger partial charge in [0.05, 0.1) is 5.69 Å². The lowest BCUT2D eigenvalue weighted by Gasteiger charge is -2.09. The highest BCUT2D eigenvalue weighted by atomic mass is 16.5. The van der Waals surface area contributed by atoms with Crippen LogP contribution in [-0.2, 0) is 11.3 Å². The van der Waals surface area contributed by atoms with Gasteiger partial charge in [0.2, 0.25) is 0 Å². The average Bonchev–Trinajstić information content (AvgIpc) is 2.68. The fourth-order valence-electron chi connectivity index (χ4n) is 1.69. The van der Waals surface area contributed by atoms with Crippen molar-refractivity contribution >= 4 is 5.91 Å². The maximum absolute atomic E-state index is 11.2. The summed E-state index contributed by atoms with van der Waals surface area (Å²) >= 11 is 0. The second-order valence-corrected chi connectivity index (χ2v) is 4.12. The van der Waals surface area contributed by atoms with Crippen LogP contribution >= 0.6 is 0 Å². The van der Waals surface area contributed by atoms with Crippen molar-refractivity contribution in [2.75, 3.05) is 13.2 Å². The van der Waals surface area contributed by atoms with Crippen LogP contribution in [0.5, 0.6) is 0 Å². The summed E-state index contributed by atoms with van der Waals surface area (Å²) in [6.07, 6.45) is 0.842. The highest BCUT2D eigenvalue weighted by Gasteiger charge is 2.19. The summed E-state index contributed by atoms with van der Waals surface area (Å²) in [6.45, 7) is 8.02. The molecule has 0 saturated heterocycles. The molecular formula is C11H20N4O2. The van der Waals surface area contributed by atoms with Crippen molar-refractivity contribution in [2.24, 2.45) is 5.73 Å². The van der Waals surface area contributed by atoms with Crippen molar-refractivity contribution in [3.63, 3.8) is 0 Å². The van der Waals surface area contributed by atoms with Crippen molar-refractivity contribution in [3.8, 4) is 0 Å². The summed E-state index contributed by atoms with van der Waals surface area (Å²) in [4.78, 5) is 11.2. The van der Waals surface area contributed by atoms with E-state index in [0.717, 1.165) is 12.1 Å². The largest absolute Gasteiger partial charge is 0.382 e. The Bertz CT molecular complexity index is 374. The first-order valence-electron chi connectivity index (χ1n) is 5.88. The van der Waals surface area contributed by atoms with Gasteiger partial charge < -0.3 is 10.5 Å². The van der Waals surface area contributed by atoms with Gasteiger partial charge in [0, 0.05) is 19.8 Å². The van der Waals surface area contributed by atoms with Crippen LogP contribution in [0.2, 0.25) is 0 Å². The Kier molecular flexibility index (Phi) is 5.09. The first-order chi connectivity index (χ1) is 8.07. The number of aryl methyl sites for hydroxylation is 1.